The quantitative estimate of drug-likeness (QED) is 0.586. The summed E-state index contributed by atoms with van der Waals surface area (Å²) in [5.74, 6) is 1.43. The maximum atomic E-state index is 12.2. The molecular weight excluding hydrogens is 374 g/mol. The number of carbonyl (C=O) groups is 1. The SMILES string of the molecule is CCc1nnc(NC(=O)CSc2nc(C)nc3c2[C@H](CC)[C@H](C)S3)s1. The highest BCUT2D eigenvalue weighted by Gasteiger charge is 2.33. The number of carbonyl (C=O) groups excluding carboxylic acids is 1. The van der Waals surface area contributed by atoms with Gasteiger partial charge in [0.05, 0.1) is 5.75 Å². The Labute approximate surface area is 160 Å². The lowest BCUT2D eigenvalue weighted by atomic mass is 9.96. The Kier molecular flexibility index (Phi) is 5.96. The van der Waals surface area contributed by atoms with Crippen LogP contribution in [0.3, 0.4) is 0 Å². The molecule has 0 unspecified atom stereocenters. The van der Waals surface area contributed by atoms with Gasteiger partial charge in [0.25, 0.3) is 0 Å². The van der Waals surface area contributed by atoms with Crippen molar-refractivity contribution < 1.29 is 4.79 Å². The zero-order chi connectivity index (χ0) is 18.0. The third-order valence-corrected chi connectivity index (χ3v) is 7.23. The van der Waals surface area contributed by atoms with Crippen molar-refractivity contribution in [3.63, 3.8) is 0 Å². The van der Waals surface area contributed by atoms with Crippen LogP contribution in [0.1, 0.15) is 49.5 Å². The lowest BCUT2D eigenvalue weighted by molar-refractivity contribution is -0.113. The van der Waals surface area contributed by atoms with Crippen LogP contribution >= 0.6 is 34.9 Å². The molecule has 0 aromatic carbocycles. The summed E-state index contributed by atoms with van der Waals surface area (Å²) in [5.41, 5.74) is 1.22. The molecule has 0 bridgehead atoms. The van der Waals surface area contributed by atoms with E-state index in [0.717, 1.165) is 33.7 Å². The number of nitrogens with one attached hydrogen (secondary N) is 1. The van der Waals surface area contributed by atoms with Gasteiger partial charge in [-0.1, -0.05) is 43.9 Å². The minimum Gasteiger partial charge on any atom is -0.300 e. The molecule has 6 nitrogen and oxygen atoms in total. The van der Waals surface area contributed by atoms with Crippen LogP contribution in [-0.2, 0) is 11.2 Å². The fourth-order valence-electron chi connectivity index (χ4n) is 2.81. The zero-order valence-corrected chi connectivity index (χ0v) is 17.1. The van der Waals surface area contributed by atoms with Crippen LogP contribution in [0, 0.1) is 6.92 Å². The second-order valence-electron chi connectivity index (χ2n) is 5.82. The van der Waals surface area contributed by atoms with E-state index in [4.69, 9.17) is 0 Å². The fraction of sp³-hybridized carbons (Fsp3) is 0.562. The van der Waals surface area contributed by atoms with Crippen LogP contribution < -0.4 is 5.32 Å². The average molecular weight is 396 g/mol. The number of hydrogen-bond donors (Lipinski definition) is 1. The maximum absolute atomic E-state index is 12.2. The Bertz CT molecular complexity index is 779. The minimum absolute atomic E-state index is 0.0828. The molecule has 2 aromatic rings. The number of anilines is 1. The van der Waals surface area contributed by atoms with E-state index in [1.54, 1.807) is 0 Å². The fourth-order valence-corrected chi connectivity index (χ4v) is 5.92. The van der Waals surface area contributed by atoms with Gasteiger partial charge < -0.3 is 0 Å². The molecule has 1 amide bonds. The van der Waals surface area contributed by atoms with E-state index in [1.807, 2.05) is 25.6 Å². The summed E-state index contributed by atoms with van der Waals surface area (Å²) in [6.45, 7) is 8.35. The number of thioether (sulfide) groups is 2. The van der Waals surface area contributed by atoms with E-state index in [-0.39, 0.29) is 5.91 Å². The summed E-state index contributed by atoms with van der Waals surface area (Å²) < 4.78 is 0. The third kappa shape index (κ3) is 4.15. The van der Waals surface area contributed by atoms with E-state index >= 15 is 0 Å². The van der Waals surface area contributed by atoms with Crippen LogP contribution in [0.2, 0.25) is 0 Å². The average Bonchev–Trinajstić information content (AvgIpc) is 3.15. The normalized spacial score (nSPS) is 19.0. The molecule has 0 fully saturated rings. The van der Waals surface area contributed by atoms with Gasteiger partial charge in [-0.15, -0.1) is 22.0 Å². The van der Waals surface area contributed by atoms with Gasteiger partial charge in [0, 0.05) is 16.7 Å². The van der Waals surface area contributed by atoms with Gasteiger partial charge in [-0.2, -0.15) is 0 Å². The second kappa shape index (κ2) is 8.01. The topological polar surface area (TPSA) is 80.7 Å². The van der Waals surface area contributed by atoms with E-state index in [9.17, 15) is 4.79 Å². The first kappa shape index (κ1) is 18.6. The summed E-state index contributed by atoms with van der Waals surface area (Å²) in [5, 5.41) is 14.8. The first-order chi connectivity index (χ1) is 12.0. The van der Waals surface area contributed by atoms with Crippen molar-refractivity contribution >= 4 is 45.9 Å². The van der Waals surface area contributed by atoms with Crippen LogP contribution in [0.5, 0.6) is 0 Å². The lowest BCUT2D eigenvalue weighted by Crippen LogP contribution is -2.15. The Morgan fingerprint density at radius 1 is 1.28 bits per heavy atom. The van der Waals surface area contributed by atoms with Crippen molar-refractivity contribution in [3.05, 3.63) is 16.4 Å². The molecule has 134 valence electrons. The predicted octanol–water partition coefficient (Wildman–Crippen LogP) is 3.92. The first-order valence-electron chi connectivity index (χ1n) is 8.32. The molecule has 0 spiro atoms. The molecular formula is C16H21N5OS3. The molecule has 0 saturated heterocycles. The Hall–Kier alpha value is -1.19. The molecule has 9 heteroatoms. The number of amides is 1. The van der Waals surface area contributed by atoms with Crippen molar-refractivity contribution in [1.29, 1.82) is 0 Å². The van der Waals surface area contributed by atoms with Crippen molar-refractivity contribution in [1.82, 2.24) is 20.2 Å². The number of fused-ring (bicyclic) bond motifs is 1. The number of aromatic nitrogens is 4. The summed E-state index contributed by atoms with van der Waals surface area (Å²) in [4.78, 5) is 21.4. The number of aryl methyl sites for hydroxylation is 2. The molecule has 3 heterocycles. The molecule has 1 N–H and O–H groups in total. The molecule has 2 aromatic heterocycles. The van der Waals surface area contributed by atoms with Gasteiger partial charge in [0.1, 0.15) is 20.9 Å². The summed E-state index contributed by atoms with van der Waals surface area (Å²) >= 11 is 4.71. The highest BCUT2D eigenvalue weighted by atomic mass is 32.2. The van der Waals surface area contributed by atoms with E-state index < -0.39 is 0 Å². The van der Waals surface area contributed by atoms with Gasteiger partial charge in [0.15, 0.2) is 0 Å². The Morgan fingerprint density at radius 3 is 2.76 bits per heavy atom. The highest BCUT2D eigenvalue weighted by Crippen LogP contribution is 2.48. The molecule has 3 rings (SSSR count). The summed E-state index contributed by atoms with van der Waals surface area (Å²) in [7, 11) is 0. The number of hydrogen-bond acceptors (Lipinski definition) is 8. The van der Waals surface area contributed by atoms with Gasteiger partial charge in [-0.05, 0) is 19.8 Å². The number of nitrogens with zero attached hydrogens (tertiary/aromatic N) is 4. The van der Waals surface area contributed by atoms with Crippen LogP contribution in [0.4, 0.5) is 5.13 Å². The highest BCUT2D eigenvalue weighted by molar-refractivity contribution is 8.01. The largest absolute Gasteiger partial charge is 0.300 e. The third-order valence-electron chi connectivity index (χ3n) is 4.02. The predicted molar refractivity (Wildman–Crippen MR) is 104 cm³/mol. The maximum Gasteiger partial charge on any atom is 0.236 e. The van der Waals surface area contributed by atoms with Crippen molar-refractivity contribution in [2.45, 2.75) is 61.8 Å². The summed E-state index contributed by atoms with van der Waals surface area (Å²) in [6, 6.07) is 0. The molecule has 0 radical (unpaired) electrons. The standard InChI is InChI=1S/C16H21N5OS3/c1-5-10-8(3)24-15-13(10)14(17-9(4)18-15)23-7-11(22)19-16-21-20-12(6-2)25-16/h8,10H,5-7H2,1-4H3,(H,19,21,22)/t8-,10+/m0/s1. The van der Waals surface area contributed by atoms with Crippen LogP contribution in [0.25, 0.3) is 0 Å². The van der Waals surface area contributed by atoms with Gasteiger partial charge in [-0.3, -0.25) is 10.1 Å². The Balaban J connectivity index is 1.70. The van der Waals surface area contributed by atoms with Crippen molar-refractivity contribution in [2.24, 2.45) is 0 Å². The monoisotopic (exact) mass is 395 g/mol. The van der Waals surface area contributed by atoms with E-state index in [0.29, 0.717) is 22.1 Å². The van der Waals surface area contributed by atoms with Crippen LogP contribution in [0.15, 0.2) is 10.1 Å². The number of rotatable bonds is 6. The second-order valence-corrected chi connectivity index (χ2v) is 9.22. The molecule has 25 heavy (non-hydrogen) atoms. The van der Waals surface area contributed by atoms with E-state index in [1.165, 1.54) is 28.7 Å². The molecule has 1 aliphatic heterocycles. The van der Waals surface area contributed by atoms with Gasteiger partial charge in [0.2, 0.25) is 11.0 Å². The van der Waals surface area contributed by atoms with Gasteiger partial charge >= 0.3 is 0 Å². The van der Waals surface area contributed by atoms with E-state index in [2.05, 4.69) is 39.3 Å². The van der Waals surface area contributed by atoms with Gasteiger partial charge in [-0.25, -0.2) is 9.97 Å². The molecule has 0 saturated carbocycles. The van der Waals surface area contributed by atoms with Crippen LogP contribution in [-0.4, -0.2) is 37.1 Å². The molecule has 2 atom stereocenters. The first-order valence-corrected chi connectivity index (χ1v) is 11.0. The van der Waals surface area contributed by atoms with Crippen molar-refractivity contribution in [3.8, 4) is 0 Å². The zero-order valence-electron chi connectivity index (χ0n) is 14.7. The smallest absolute Gasteiger partial charge is 0.236 e. The minimum atomic E-state index is -0.0828. The lowest BCUT2D eigenvalue weighted by Gasteiger charge is -2.15. The van der Waals surface area contributed by atoms with Crippen molar-refractivity contribution in [2.75, 3.05) is 11.1 Å². The molecule has 0 aliphatic carbocycles. The summed E-state index contributed by atoms with van der Waals surface area (Å²) in [6.07, 6.45) is 1.88. The Morgan fingerprint density at radius 2 is 2.08 bits per heavy atom. The molecule has 1 aliphatic rings.